The molecule has 0 spiro atoms. The zero-order valence-electron chi connectivity index (χ0n) is 14.5. The Bertz CT molecular complexity index is 1010. The van der Waals surface area contributed by atoms with Gasteiger partial charge in [0.25, 0.3) is 5.91 Å². The van der Waals surface area contributed by atoms with Gasteiger partial charge in [-0.3, -0.25) is 4.79 Å². The molecule has 1 amide bonds. The van der Waals surface area contributed by atoms with E-state index in [2.05, 4.69) is 6.07 Å². The Balaban J connectivity index is 1.64. The summed E-state index contributed by atoms with van der Waals surface area (Å²) in [5, 5.41) is 10.6. The molecule has 1 aliphatic carbocycles. The van der Waals surface area contributed by atoms with Gasteiger partial charge in [-0.2, -0.15) is 0 Å². The van der Waals surface area contributed by atoms with Crippen molar-refractivity contribution in [3.8, 4) is 22.6 Å². The third-order valence-electron chi connectivity index (χ3n) is 5.36. The monoisotopic (exact) mass is 349 g/mol. The molecule has 0 atom stereocenters. The Kier molecular flexibility index (Phi) is 3.26. The highest BCUT2D eigenvalue weighted by atomic mass is 16.5. The van der Waals surface area contributed by atoms with Crippen LogP contribution in [0.4, 0.5) is 0 Å². The second-order valence-corrected chi connectivity index (χ2v) is 7.02. The summed E-state index contributed by atoms with van der Waals surface area (Å²) in [7, 11) is 1.61. The summed E-state index contributed by atoms with van der Waals surface area (Å²) in [4.78, 5) is 14.9. The molecule has 2 aliphatic rings. The average molecular weight is 349 g/mol. The molecule has 1 fully saturated rings. The Hall–Kier alpha value is -2.95. The molecule has 1 aliphatic heterocycles. The van der Waals surface area contributed by atoms with Gasteiger partial charge in [0.1, 0.15) is 17.1 Å². The van der Waals surface area contributed by atoms with Crippen molar-refractivity contribution < 1.29 is 19.1 Å². The van der Waals surface area contributed by atoms with Crippen molar-refractivity contribution in [2.45, 2.75) is 25.3 Å². The molecule has 0 radical (unpaired) electrons. The summed E-state index contributed by atoms with van der Waals surface area (Å²) < 4.78 is 11.2. The number of ether oxygens (including phenoxy) is 1. The number of methoxy groups -OCH3 is 1. The minimum atomic E-state index is 0.0825. The second kappa shape index (κ2) is 5.53. The fourth-order valence-corrected chi connectivity index (χ4v) is 3.89. The number of rotatable bonds is 3. The maximum Gasteiger partial charge on any atom is 0.258 e. The number of carbonyl (C=O) groups is 1. The smallest absolute Gasteiger partial charge is 0.258 e. The largest absolute Gasteiger partial charge is 0.508 e. The summed E-state index contributed by atoms with van der Waals surface area (Å²) >= 11 is 0. The summed E-state index contributed by atoms with van der Waals surface area (Å²) in [6.07, 6.45) is 4.73. The Morgan fingerprint density at radius 2 is 2.08 bits per heavy atom. The average Bonchev–Trinajstić information content (AvgIpc) is 3.40. The van der Waals surface area contributed by atoms with Crippen LogP contribution in [0.25, 0.3) is 22.1 Å². The molecule has 5 heteroatoms. The standard InChI is InChI=1S/C21H19NO4/c1-25-19-9-13(17-11-26-18-10-15(23)4-5-16(17)18)8-12-6-7-22(14-2-3-14)21(24)20(12)19/h4-5,8-11,14,23H,2-3,6-7H2,1H3. The lowest BCUT2D eigenvalue weighted by atomic mass is 9.92. The molecule has 0 saturated heterocycles. The molecule has 2 heterocycles. The number of hydrogen-bond donors (Lipinski definition) is 1. The minimum Gasteiger partial charge on any atom is -0.508 e. The van der Waals surface area contributed by atoms with Crippen molar-refractivity contribution >= 4 is 16.9 Å². The summed E-state index contributed by atoms with van der Waals surface area (Å²) in [5.41, 5.74) is 4.23. The molecule has 3 aromatic rings. The lowest BCUT2D eigenvalue weighted by Gasteiger charge is -2.30. The van der Waals surface area contributed by atoms with Crippen LogP contribution in [0.2, 0.25) is 0 Å². The zero-order valence-corrected chi connectivity index (χ0v) is 14.5. The molecule has 1 saturated carbocycles. The molecule has 5 rings (SSSR count). The molecule has 0 unspecified atom stereocenters. The number of furan rings is 1. The fourth-order valence-electron chi connectivity index (χ4n) is 3.89. The summed E-state index contributed by atoms with van der Waals surface area (Å²) in [6, 6.07) is 9.47. The quantitative estimate of drug-likeness (QED) is 0.777. The molecular weight excluding hydrogens is 330 g/mol. The van der Waals surface area contributed by atoms with Gasteiger partial charge in [0.05, 0.1) is 18.9 Å². The molecule has 132 valence electrons. The SMILES string of the molecule is COc1cc(-c2coc3cc(O)ccc23)cc2c1C(=O)N(C1CC1)CC2. The molecule has 0 bridgehead atoms. The summed E-state index contributed by atoms with van der Waals surface area (Å²) in [6.45, 7) is 0.767. The molecule has 1 N–H and O–H groups in total. The van der Waals surface area contributed by atoms with Crippen molar-refractivity contribution in [1.82, 2.24) is 4.90 Å². The van der Waals surface area contributed by atoms with E-state index in [0.29, 0.717) is 22.9 Å². The van der Waals surface area contributed by atoms with E-state index in [0.717, 1.165) is 47.9 Å². The van der Waals surface area contributed by atoms with Crippen LogP contribution in [-0.4, -0.2) is 35.6 Å². The summed E-state index contributed by atoms with van der Waals surface area (Å²) in [5.74, 6) is 0.868. The zero-order chi connectivity index (χ0) is 17.8. The maximum atomic E-state index is 12.9. The number of hydrogen-bond acceptors (Lipinski definition) is 4. The first-order valence-corrected chi connectivity index (χ1v) is 8.88. The third kappa shape index (κ3) is 2.27. The number of benzene rings is 2. The van der Waals surface area contributed by atoms with Crippen LogP contribution in [0.1, 0.15) is 28.8 Å². The second-order valence-electron chi connectivity index (χ2n) is 7.02. The van der Waals surface area contributed by atoms with Gasteiger partial charge in [-0.05, 0) is 54.7 Å². The van der Waals surface area contributed by atoms with E-state index in [4.69, 9.17) is 9.15 Å². The molecule has 1 aromatic heterocycles. The number of amides is 1. The van der Waals surface area contributed by atoms with Crippen LogP contribution in [0.15, 0.2) is 41.0 Å². The van der Waals surface area contributed by atoms with Crippen LogP contribution in [0.3, 0.4) is 0 Å². The predicted octanol–water partition coefficient (Wildman–Crippen LogP) is 3.97. The Morgan fingerprint density at radius 3 is 2.85 bits per heavy atom. The topological polar surface area (TPSA) is 62.9 Å². The first-order chi connectivity index (χ1) is 12.7. The number of aromatic hydroxyl groups is 1. The minimum absolute atomic E-state index is 0.0825. The third-order valence-corrected chi connectivity index (χ3v) is 5.36. The van der Waals surface area contributed by atoms with E-state index in [1.165, 1.54) is 0 Å². The van der Waals surface area contributed by atoms with Gasteiger partial charge in [-0.15, -0.1) is 0 Å². The van der Waals surface area contributed by atoms with Crippen LogP contribution in [0, 0.1) is 0 Å². The van der Waals surface area contributed by atoms with E-state index in [-0.39, 0.29) is 11.7 Å². The highest BCUT2D eigenvalue weighted by Gasteiger charge is 2.37. The molecular formula is C21H19NO4. The van der Waals surface area contributed by atoms with E-state index >= 15 is 0 Å². The van der Waals surface area contributed by atoms with Crippen LogP contribution >= 0.6 is 0 Å². The number of phenols is 1. The van der Waals surface area contributed by atoms with E-state index < -0.39 is 0 Å². The van der Waals surface area contributed by atoms with Gasteiger partial charge < -0.3 is 19.2 Å². The van der Waals surface area contributed by atoms with Crippen molar-refractivity contribution in [3.63, 3.8) is 0 Å². The lowest BCUT2D eigenvalue weighted by Crippen LogP contribution is -2.39. The van der Waals surface area contributed by atoms with Crippen molar-refractivity contribution in [3.05, 3.63) is 47.7 Å². The van der Waals surface area contributed by atoms with Crippen molar-refractivity contribution in [1.29, 1.82) is 0 Å². The van der Waals surface area contributed by atoms with Crippen molar-refractivity contribution in [2.24, 2.45) is 0 Å². The van der Waals surface area contributed by atoms with Gasteiger partial charge in [-0.1, -0.05) is 0 Å². The van der Waals surface area contributed by atoms with Crippen molar-refractivity contribution in [2.75, 3.05) is 13.7 Å². The van der Waals surface area contributed by atoms with E-state index in [1.54, 1.807) is 25.5 Å². The molecule has 26 heavy (non-hydrogen) atoms. The fraction of sp³-hybridized carbons (Fsp3) is 0.286. The van der Waals surface area contributed by atoms with E-state index in [9.17, 15) is 9.90 Å². The number of phenolic OH excluding ortho intramolecular Hbond substituents is 1. The van der Waals surface area contributed by atoms with Crippen LogP contribution in [-0.2, 0) is 6.42 Å². The first-order valence-electron chi connectivity index (χ1n) is 8.88. The van der Waals surface area contributed by atoms with Crippen LogP contribution in [0.5, 0.6) is 11.5 Å². The Morgan fingerprint density at radius 1 is 1.23 bits per heavy atom. The van der Waals surface area contributed by atoms with Crippen LogP contribution < -0.4 is 4.74 Å². The Labute approximate surface area is 150 Å². The highest BCUT2D eigenvalue weighted by molar-refractivity contribution is 6.02. The maximum absolute atomic E-state index is 12.9. The molecule has 2 aromatic carbocycles. The first kappa shape index (κ1) is 15.3. The van der Waals surface area contributed by atoms with Gasteiger partial charge in [0.2, 0.25) is 0 Å². The number of carbonyl (C=O) groups excluding carboxylic acids is 1. The predicted molar refractivity (Wildman–Crippen MR) is 97.6 cm³/mol. The molecule has 5 nitrogen and oxygen atoms in total. The van der Waals surface area contributed by atoms with Gasteiger partial charge in [-0.25, -0.2) is 0 Å². The van der Waals surface area contributed by atoms with E-state index in [1.807, 2.05) is 17.0 Å². The highest BCUT2D eigenvalue weighted by Crippen LogP contribution is 2.40. The number of fused-ring (bicyclic) bond motifs is 2. The van der Waals surface area contributed by atoms with Gasteiger partial charge in [0, 0.05) is 29.6 Å². The lowest BCUT2D eigenvalue weighted by molar-refractivity contribution is 0.0723. The normalized spacial score (nSPS) is 16.8. The van der Waals surface area contributed by atoms with Gasteiger partial charge in [0.15, 0.2) is 0 Å². The van der Waals surface area contributed by atoms with Gasteiger partial charge >= 0.3 is 0 Å². The number of nitrogens with zero attached hydrogens (tertiary/aromatic N) is 1.